The van der Waals surface area contributed by atoms with Gasteiger partial charge in [-0.25, -0.2) is 0 Å². The van der Waals surface area contributed by atoms with Gasteiger partial charge in [0.05, 0.1) is 29.5 Å². The van der Waals surface area contributed by atoms with Crippen molar-refractivity contribution in [1.29, 1.82) is 0 Å². The Morgan fingerprint density at radius 1 is 1.00 bits per heavy atom. The van der Waals surface area contributed by atoms with Crippen molar-refractivity contribution in [3.8, 4) is 0 Å². The van der Waals surface area contributed by atoms with Crippen molar-refractivity contribution in [3.05, 3.63) is 35.9 Å². The third kappa shape index (κ3) is 4.77. The normalized spacial score (nSPS) is 27.5. The number of hydrogen-bond acceptors (Lipinski definition) is 5. The number of rotatable bonds is 9. The smallest absolute Gasteiger partial charge is 0.403 e. The Labute approximate surface area is 192 Å². The van der Waals surface area contributed by atoms with Gasteiger partial charge in [0.15, 0.2) is 0 Å². The van der Waals surface area contributed by atoms with Gasteiger partial charge in [0.1, 0.15) is 0 Å². The highest BCUT2D eigenvalue weighted by atomic mass is 16.7. The fraction of sp³-hybridized carbons (Fsp3) is 0.720. The average Bonchev–Trinajstić information content (AvgIpc) is 3.57. The van der Waals surface area contributed by atoms with Crippen LogP contribution in [0.15, 0.2) is 30.3 Å². The highest BCUT2D eigenvalue weighted by Crippen LogP contribution is 2.49. The Bertz CT molecular complexity index is 716. The van der Waals surface area contributed by atoms with Crippen LogP contribution >= 0.6 is 0 Å². The highest BCUT2D eigenvalue weighted by Gasteiger charge is 2.59. The highest BCUT2D eigenvalue weighted by molar-refractivity contribution is 6.45. The third-order valence-corrected chi connectivity index (χ3v) is 7.89. The summed E-state index contributed by atoms with van der Waals surface area (Å²) in [5.41, 5.74) is 0.496. The van der Waals surface area contributed by atoms with Crippen molar-refractivity contribution in [2.45, 2.75) is 100 Å². The van der Waals surface area contributed by atoms with Crippen LogP contribution in [-0.4, -0.2) is 50.7 Å². The molecule has 6 nitrogen and oxygen atoms in total. The molecular formula is C25H38BNO5. The van der Waals surface area contributed by atoms with Crippen molar-refractivity contribution in [2.75, 3.05) is 14.2 Å². The Morgan fingerprint density at radius 2 is 1.50 bits per heavy atom. The molecule has 3 atom stereocenters. The molecule has 1 saturated heterocycles. The number of benzene rings is 1. The van der Waals surface area contributed by atoms with Gasteiger partial charge in [-0.3, -0.25) is 4.79 Å². The summed E-state index contributed by atoms with van der Waals surface area (Å²) in [6.45, 7) is 1.56. The van der Waals surface area contributed by atoms with E-state index in [0.717, 1.165) is 63.4 Å². The van der Waals surface area contributed by atoms with Crippen LogP contribution in [0.5, 0.6) is 0 Å². The fourth-order valence-electron chi connectivity index (χ4n) is 6.15. The molecule has 1 aromatic rings. The molecule has 0 unspecified atom stereocenters. The molecule has 1 N–H and O–H groups in total. The molecule has 4 rings (SSSR count). The Hall–Kier alpha value is -1.41. The maximum Gasteiger partial charge on any atom is 0.457 e. The maximum absolute atomic E-state index is 11.8. The molecule has 176 valence electrons. The van der Waals surface area contributed by atoms with Crippen molar-refractivity contribution in [2.24, 2.45) is 0 Å². The van der Waals surface area contributed by atoms with Gasteiger partial charge in [0.2, 0.25) is 5.91 Å². The molecule has 3 fully saturated rings. The second-order valence-electron chi connectivity index (χ2n) is 9.74. The summed E-state index contributed by atoms with van der Waals surface area (Å²) in [7, 11) is 3.30. The van der Waals surface area contributed by atoms with Crippen LogP contribution in [0.1, 0.15) is 76.3 Å². The van der Waals surface area contributed by atoms with E-state index < -0.39 is 0 Å². The van der Waals surface area contributed by atoms with E-state index in [1.807, 2.05) is 32.4 Å². The Balaban J connectivity index is 1.51. The molecule has 7 heteroatoms. The van der Waals surface area contributed by atoms with E-state index in [4.69, 9.17) is 18.8 Å². The molecule has 1 amide bonds. The summed E-state index contributed by atoms with van der Waals surface area (Å²) in [5.74, 6) is -0.0311. The second kappa shape index (κ2) is 10.2. The lowest BCUT2D eigenvalue weighted by atomic mass is 9.80. The van der Waals surface area contributed by atoms with Crippen LogP contribution < -0.4 is 5.32 Å². The zero-order valence-electron chi connectivity index (χ0n) is 19.8. The van der Waals surface area contributed by atoms with E-state index in [2.05, 4.69) is 17.4 Å². The van der Waals surface area contributed by atoms with Crippen molar-refractivity contribution >= 4 is 13.0 Å². The van der Waals surface area contributed by atoms with Crippen LogP contribution in [0.4, 0.5) is 0 Å². The van der Waals surface area contributed by atoms with E-state index in [1.54, 1.807) is 6.92 Å². The van der Waals surface area contributed by atoms with Crippen molar-refractivity contribution in [3.63, 3.8) is 0 Å². The van der Waals surface area contributed by atoms with E-state index in [1.165, 1.54) is 0 Å². The number of methoxy groups -OCH3 is 2. The first-order valence-corrected chi connectivity index (χ1v) is 12.3. The van der Waals surface area contributed by atoms with Crippen LogP contribution in [0.3, 0.4) is 0 Å². The van der Waals surface area contributed by atoms with Gasteiger partial charge in [-0.15, -0.1) is 0 Å². The number of carbonyl (C=O) groups is 1. The zero-order valence-corrected chi connectivity index (χ0v) is 19.8. The van der Waals surface area contributed by atoms with E-state index >= 15 is 0 Å². The van der Waals surface area contributed by atoms with Crippen LogP contribution in [0.2, 0.25) is 6.32 Å². The lowest BCUT2D eigenvalue weighted by Gasteiger charge is -2.43. The molecule has 0 spiro atoms. The van der Waals surface area contributed by atoms with Gasteiger partial charge >= 0.3 is 7.12 Å². The van der Waals surface area contributed by atoms with Crippen LogP contribution in [0.25, 0.3) is 0 Å². The Morgan fingerprint density at radius 3 is 1.94 bits per heavy atom. The third-order valence-electron chi connectivity index (χ3n) is 7.89. The monoisotopic (exact) mass is 443 g/mol. The molecule has 2 saturated carbocycles. The number of ether oxygens (including phenoxy) is 2. The summed E-state index contributed by atoms with van der Waals surface area (Å²) in [4.78, 5) is 11.8. The van der Waals surface area contributed by atoms with E-state index in [0.29, 0.717) is 6.32 Å². The van der Waals surface area contributed by atoms with Crippen molar-refractivity contribution in [1.82, 2.24) is 5.32 Å². The molecule has 1 aliphatic heterocycles. The first-order chi connectivity index (χ1) is 15.5. The standard InChI is InChI=1S/C25H38BNO5/c1-19(28)27-21(20-11-5-4-6-12-20)13-18-26-31-22(24(29-2)14-7-8-15-24)23(32-26)25(30-3)16-9-10-17-25/h4-6,11-12,21-23H,7-10,13-18H2,1-3H3,(H,27,28)/t21-,22+,23+/m1/s1. The molecule has 1 heterocycles. The molecule has 32 heavy (non-hydrogen) atoms. The minimum absolute atomic E-state index is 0.0311. The number of nitrogens with one attached hydrogen (secondary N) is 1. The van der Waals surface area contributed by atoms with E-state index in [9.17, 15) is 4.79 Å². The van der Waals surface area contributed by atoms with Gasteiger partial charge < -0.3 is 24.1 Å². The topological polar surface area (TPSA) is 66.0 Å². The molecule has 1 aromatic carbocycles. The largest absolute Gasteiger partial charge is 0.457 e. The predicted molar refractivity (Wildman–Crippen MR) is 124 cm³/mol. The second-order valence-corrected chi connectivity index (χ2v) is 9.74. The quantitative estimate of drug-likeness (QED) is 0.572. The summed E-state index contributed by atoms with van der Waals surface area (Å²) >= 11 is 0. The molecule has 0 aromatic heterocycles. The first-order valence-electron chi connectivity index (χ1n) is 12.3. The minimum Gasteiger partial charge on any atom is -0.403 e. The van der Waals surface area contributed by atoms with Gasteiger partial charge in [-0.2, -0.15) is 0 Å². The van der Waals surface area contributed by atoms with Gasteiger partial charge in [-0.05, 0) is 44.0 Å². The summed E-state index contributed by atoms with van der Waals surface area (Å²) in [6, 6.07) is 10.0. The summed E-state index contributed by atoms with van der Waals surface area (Å²) in [5, 5.41) is 3.09. The first kappa shape index (κ1) is 23.7. The lowest BCUT2D eigenvalue weighted by Crippen LogP contribution is -2.56. The molecular weight excluding hydrogens is 405 g/mol. The zero-order chi connectivity index (χ0) is 22.6. The average molecular weight is 443 g/mol. The van der Waals surface area contributed by atoms with Crippen LogP contribution in [0, 0.1) is 0 Å². The number of amides is 1. The molecule has 2 aliphatic carbocycles. The molecule has 3 aliphatic rings. The fourth-order valence-corrected chi connectivity index (χ4v) is 6.15. The molecule has 0 radical (unpaired) electrons. The minimum atomic E-state index is -0.328. The van der Waals surface area contributed by atoms with Gasteiger partial charge in [0.25, 0.3) is 0 Å². The predicted octanol–water partition coefficient (Wildman–Crippen LogP) is 4.44. The number of hydrogen-bond donors (Lipinski definition) is 1. The maximum atomic E-state index is 11.8. The summed E-state index contributed by atoms with van der Waals surface area (Å²) < 4.78 is 25.6. The Kier molecular flexibility index (Phi) is 7.60. The van der Waals surface area contributed by atoms with Crippen molar-refractivity contribution < 1.29 is 23.6 Å². The number of carbonyl (C=O) groups excluding carboxylic acids is 1. The van der Waals surface area contributed by atoms with Crippen LogP contribution in [-0.2, 0) is 23.6 Å². The van der Waals surface area contributed by atoms with Gasteiger partial charge in [-0.1, -0.05) is 56.0 Å². The van der Waals surface area contributed by atoms with Gasteiger partial charge in [0, 0.05) is 21.1 Å². The SMILES string of the molecule is COC1([C@H]2OB(CC[C@@H](NC(C)=O)c3ccccc3)O[C@@H]2C2(OC)CCCC2)CCCC1. The summed E-state index contributed by atoms with van der Waals surface area (Å²) in [6.07, 6.45) is 9.81. The molecule has 0 bridgehead atoms. The van der Waals surface area contributed by atoms with E-state index in [-0.39, 0.29) is 42.5 Å². The lowest BCUT2D eigenvalue weighted by molar-refractivity contribution is -0.153.